The number of aromatic nitrogens is 1. The number of hydrogen-bond donors (Lipinski definition) is 1. The summed E-state index contributed by atoms with van der Waals surface area (Å²) in [6, 6.07) is 3.91. The van der Waals surface area contributed by atoms with E-state index in [0.29, 0.717) is 26.2 Å². The fourth-order valence-corrected chi connectivity index (χ4v) is 1.99. The van der Waals surface area contributed by atoms with Gasteiger partial charge in [-0.3, -0.25) is 14.7 Å². The molecule has 1 saturated heterocycles. The van der Waals surface area contributed by atoms with E-state index < -0.39 is 11.9 Å². The fourth-order valence-electron chi connectivity index (χ4n) is 1.99. The van der Waals surface area contributed by atoms with Crippen LogP contribution in [-0.2, 0) is 16.1 Å². The van der Waals surface area contributed by atoms with Gasteiger partial charge >= 0.3 is 11.9 Å². The van der Waals surface area contributed by atoms with Gasteiger partial charge in [-0.05, 0) is 17.7 Å². The van der Waals surface area contributed by atoms with Crippen LogP contribution in [0.15, 0.2) is 24.5 Å². The van der Waals surface area contributed by atoms with Crippen LogP contribution in [0.2, 0.25) is 0 Å². The first-order chi connectivity index (χ1) is 8.66. The largest absolute Gasteiger partial charge is 0.474 e. The monoisotopic (exact) mass is 249 g/mol. The van der Waals surface area contributed by atoms with Crippen LogP contribution in [0.25, 0.3) is 0 Å². The lowest BCUT2D eigenvalue weighted by molar-refractivity contribution is -0.156. The molecule has 0 spiro atoms. The molecule has 1 aliphatic rings. The number of rotatable bonds is 2. The summed E-state index contributed by atoms with van der Waals surface area (Å²) in [7, 11) is 0. The highest BCUT2D eigenvalue weighted by Crippen LogP contribution is 2.07. The van der Waals surface area contributed by atoms with Gasteiger partial charge in [-0.15, -0.1) is 0 Å². The summed E-state index contributed by atoms with van der Waals surface area (Å²) in [4.78, 5) is 29.4. The molecule has 2 rings (SSSR count). The molecule has 2 heterocycles. The Morgan fingerprint density at radius 1 is 1.17 bits per heavy atom. The van der Waals surface area contributed by atoms with Crippen molar-refractivity contribution in [1.29, 1.82) is 0 Å². The van der Waals surface area contributed by atoms with Gasteiger partial charge in [0.15, 0.2) is 0 Å². The third-order valence-electron chi connectivity index (χ3n) is 3.00. The van der Waals surface area contributed by atoms with Gasteiger partial charge in [-0.2, -0.15) is 0 Å². The molecule has 1 fully saturated rings. The van der Waals surface area contributed by atoms with Gasteiger partial charge in [-0.1, -0.05) is 0 Å². The van der Waals surface area contributed by atoms with Crippen LogP contribution in [0.4, 0.5) is 0 Å². The van der Waals surface area contributed by atoms with Crippen molar-refractivity contribution in [1.82, 2.24) is 14.8 Å². The van der Waals surface area contributed by atoms with Crippen molar-refractivity contribution in [2.24, 2.45) is 0 Å². The zero-order valence-electron chi connectivity index (χ0n) is 9.95. The maximum atomic E-state index is 11.3. The Labute approximate surface area is 105 Å². The summed E-state index contributed by atoms with van der Waals surface area (Å²) in [5, 5.41) is 8.62. The maximum Gasteiger partial charge on any atom is 0.394 e. The standard InChI is InChI=1S/C12H15N3O3/c16-11(12(17)18)15-7-5-14(6-8-15)9-10-1-3-13-4-2-10/h1-4H,5-9H2,(H,17,18). The molecule has 1 aromatic rings. The summed E-state index contributed by atoms with van der Waals surface area (Å²) in [6.07, 6.45) is 3.50. The van der Waals surface area contributed by atoms with Gasteiger partial charge in [0.05, 0.1) is 0 Å². The van der Waals surface area contributed by atoms with Crippen molar-refractivity contribution in [3.8, 4) is 0 Å². The molecule has 0 aliphatic carbocycles. The van der Waals surface area contributed by atoms with Gasteiger partial charge < -0.3 is 10.0 Å². The Kier molecular flexibility index (Phi) is 3.88. The van der Waals surface area contributed by atoms with Crippen LogP contribution in [0.5, 0.6) is 0 Å². The molecule has 96 valence electrons. The van der Waals surface area contributed by atoms with E-state index in [-0.39, 0.29) is 0 Å². The van der Waals surface area contributed by atoms with Gasteiger partial charge in [0.25, 0.3) is 0 Å². The molecule has 0 bridgehead atoms. The van der Waals surface area contributed by atoms with Crippen molar-refractivity contribution in [3.63, 3.8) is 0 Å². The highest BCUT2D eigenvalue weighted by atomic mass is 16.4. The first kappa shape index (κ1) is 12.5. The van der Waals surface area contributed by atoms with Crippen molar-refractivity contribution in [2.45, 2.75) is 6.54 Å². The number of carbonyl (C=O) groups is 2. The van der Waals surface area contributed by atoms with Gasteiger partial charge in [-0.25, -0.2) is 4.79 Å². The van der Waals surface area contributed by atoms with Crippen LogP contribution in [0.1, 0.15) is 5.56 Å². The smallest absolute Gasteiger partial charge is 0.394 e. The van der Waals surface area contributed by atoms with Crippen LogP contribution in [0, 0.1) is 0 Å². The molecule has 1 N–H and O–H groups in total. The number of carbonyl (C=O) groups excluding carboxylic acids is 1. The number of hydrogen-bond acceptors (Lipinski definition) is 4. The predicted octanol–water partition coefficient (Wildman–Crippen LogP) is -0.190. The minimum atomic E-state index is -1.38. The SMILES string of the molecule is O=C(O)C(=O)N1CCN(Cc2ccncc2)CC1. The number of carboxylic acids is 1. The second-order valence-electron chi connectivity index (χ2n) is 4.23. The molecule has 18 heavy (non-hydrogen) atoms. The van der Waals surface area contributed by atoms with E-state index in [4.69, 9.17) is 5.11 Å². The van der Waals surface area contributed by atoms with Crippen molar-refractivity contribution >= 4 is 11.9 Å². The number of piperazine rings is 1. The normalized spacial score (nSPS) is 16.6. The van der Waals surface area contributed by atoms with E-state index in [2.05, 4.69) is 9.88 Å². The van der Waals surface area contributed by atoms with Crippen LogP contribution < -0.4 is 0 Å². The Morgan fingerprint density at radius 3 is 2.33 bits per heavy atom. The minimum absolute atomic E-state index is 0.468. The summed E-state index contributed by atoms with van der Waals surface area (Å²) in [5.74, 6) is -2.18. The number of pyridine rings is 1. The molecule has 0 radical (unpaired) electrons. The number of nitrogens with zero attached hydrogens (tertiary/aromatic N) is 3. The average molecular weight is 249 g/mol. The second kappa shape index (κ2) is 5.59. The van der Waals surface area contributed by atoms with Gasteiger partial charge in [0.2, 0.25) is 0 Å². The molecular weight excluding hydrogens is 234 g/mol. The molecule has 1 aromatic heterocycles. The molecular formula is C12H15N3O3. The quantitative estimate of drug-likeness (QED) is 0.735. The Balaban J connectivity index is 1.84. The van der Waals surface area contributed by atoms with E-state index in [0.717, 1.165) is 6.54 Å². The lowest BCUT2D eigenvalue weighted by Crippen LogP contribution is -2.50. The molecule has 1 amide bonds. The third-order valence-corrected chi connectivity index (χ3v) is 3.00. The van der Waals surface area contributed by atoms with E-state index in [9.17, 15) is 9.59 Å². The maximum absolute atomic E-state index is 11.3. The fraction of sp³-hybridized carbons (Fsp3) is 0.417. The zero-order valence-corrected chi connectivity index (χ0v) is 9.95. The summed E-state index contributed by atoms with van der Waals surface area (Å²) in [6.45, 7) is 3.13. The second-order valence-corrected chi connectivity index (χ2v) is 4.23. The zero-order chi connectivity index (χ0) is 13.0. The molecule has 0 atom stereocenters. The number of carboxylic acid groups (broad SMARTS) is 1. The molecule has 1 aliphatic heterocycles. The van der Waals surface area contributed by atoms with Gasteiger partial charge in [0.1, 0.15) is 0 Å². The minimum Gasteiger partial charge on any atom is -0.474 e. The first-order valence-electron chi connectivity index (χ1n) is 5.80. The molecule has 6 heteroatoms. The summed E-state index contributed by atoms with van der Waals surface area (Å²) in [5.41, 5.74) is 1.17. The Bertz CT molecular complexity index is 427. The third kappa shape index (κ3) is 3.04. The van der Waals surface area contributed by atoms with E-state index in [1.54, 1.807) is 12.4 Å². The summed E-state index contributed by atoms with van der Waals surface area (Å²) >= 11 is 0. The highest BCUT2D eigenvalue weighted by molar-refractivity contribution is 6.31. The number of amides is 1. The predicted molar refractivity (Wildman–Crippen MR) is 63.7 cm³/mol. The van der Waals surface area contributed by atoms with Crippen LogP contribution in [0.3, 0.4) is 0 Å². The van der Waals surface area contributed by atoms with Gasteiger partial charge in [0, 0.05) is 45.1 Å². The lowest BCUT2D eigenvalue weighted by atomic mass is 10.2. The topological polar surface area (TPSA) is 73.7 Å². The first-order valence-corrected chi connectivity index (χ1v) is 5.80. The van der Waals surface area contributed by atoms with Crippen LogP contribution >= 0.6 is 0 Å². The van der Waals surface area contributed by atoms with Crippen molar-refractivity contribution in [3.05, 3.63) is 30.1 Å². The lowest BCUT2D eigenvalue weighted by Gasteiger charge is -2.33. The van der Waals surface area contributed by atoms with E-state index in [1.165, 1.54) is 10.5 Å². The Hall–Kier alpha value is -1.95. The average Bonchev–Trinajstić information content (AvgIpc) is 2.40. The van der Waals surface area contributed by atoms with E-state index >= 15 is 0 Å². The molecule has 0 unspecified atom stereocenters. The molecule has 6 nitrogen and oxygen atoms in total. The van der Waals surface area contributed by atoms with Crippen molar-refractivity contribution < 1.29 is 14.7 Å². The van der Waals surface area contributed by atoms with E-state index in [1.807, 2.05) is 12.1 Å². The highest BCUT2D eigenvalue weighted by Gasteiger charge is 2.25. The van der Waals surface area contributed by atoms with Crippen molar-refractivity contribution in [2.75, 3.05) is 26.2 Å². The summed E-state index contributed by atoms with van der Waals surface area (Å²) < 4.78 is 0. The number of aliphatic carboxylic acids is 1. The van der Waals surface area contributed by atoms with Crippen LogP contribution in [-0.4, -0.2) is 57.9 Å². The molecule has 0 saturated carbocycles. The Morgan fingerprint density at radius 2 is 1.78 bits per heavy atom. The molecule has 0 aromatic carbocycles.